The quantitative estimate of drug-likeness (QED) is 0.174. The maximum atomic E-state index is 14.5. The first-order valence-corrected chi connectivity index (χ1v) is 19.6. The molecule has 0 spiro atoms. The van der Waals surface area contributed by atoms with Crippen LogP contribution in [0.4, 0.5) is 0 Å². The predicted octanol–water partition coefficient (Wildman–Crippen LogP) is 6.28. The molecular weight excluding hydrogens is 669 g/mol. The minimum Gasteiger partial charge on any atom is -0.476 e. The lowest BCUT2D eigenvalue weighted by molar-refractivity contribution is -0.139. The predicted molar refractivity (Wildman–Crippen MR) is 200 cm³/mol. The third-order valence-electron chi connectivity index (χ3n) is 11.7. The number of carboxylic acid groups (broad SMARTS) is 1. The number of carboxylic acids is 1. The summed E-state index contributed by atoms with van der Waals surface area (Å²) < 4.78 is 0. The molecule has 3 N–H and O–H groups in total. The van der Waals surface area contributed by atoms with Gasteiger partial charge in [-0.2, -0.15) is 0 Å². The molecule has 12 nitrogen and oxygen atoms in total. The van der Waals surface area contributed by atoms with Crippen molar-refractivity contribution in [3.05, 3.63) is 95.3 Å². The SMILES string of the molecule is O=C(O)c1nc([C@@H]2CCCN2C(=O)[C@@H](c2ccccc2)N2CCCCC2)[nH]c1-c1cnc([C@@H]2CCCN2C(=O)[C@@H](c2ccccc2)N2CCCCC2)[nH]1. The lowest BCUT2D eigenvalue weighted by Crippen LogP contribution is -2.44. The van der Waals surface area contributed by atoms with E-state index in [2.05, 4.69) is 24.8 Å². The number of benzene rings is 2. The topological polar surface area (TPSA) is 142 Å². The molecule has 2 amide bonds. The molecule has 6 heterocycles. The summed E-state index contributed by atoms with van der Waals surface area (Å²) in [5, 5.41) is 10.3. The lowest BCUT2D eigenvalue weighted by Gasteiger charge is -2.37. The molecule has 4 aliphatic rings. The van der Waals surface area contributed by atoms with Gasteiger partial charge in [0.15, 0.2) is 5.69 Å². The third kappa shape index (κ3) is 7.14. The average Bonchev–Trinajstić information content (AvgIpc) is 4.03. The molecule has 4 atom stereocenters. The number of carbonyl (C=O) groups excluding carboxylic acids is 2. The summed E-state index contributed by atoms with van der Waals surface area (Å²) in [6, 6.07) is 18.7. The Morgan fingerprint density at radius 1 is 0.623 bits per heavy atom. The largest absolute Gasteiger partial charge is 0.476 e. The molecule has 2 aromatic carbocycles. The monoisotopic (exact) mass is 718 g/mol. The highest BCUT2D eigenvalue weighted by Gasteiger charge is 2.41. The summed E-state index contributed by atoms with van der Waals surface area (Å²) in [5.74, 6) is 0.0555. The van der Waals surface area contributed by atoms with E-state index in [1.165, 1.54) is 12.8 Å². The molecule has 0 bridgehead atoms. The van der Waals surface area contributed by atoms with Crippen LogP contribution in [0.5, 0.6) is 0 Å². The van der Waals surface area contributed by atoms with Crippen molar-refractivity contribution in [2.45, 2.75) is 88.4 Å². The number of nitrogens with one attached hydrogen (secondary N) is 2. The van der Waals surface area contributed by atoms with E-state index in [1.807, 2.05) is 70.5 Å². The van der Waals surface area contributed by atoms with Crippen LogP contribution >= 0.6 is 0 Å². The number of nitrogens with zero attached hydrogens (tertiary/aromatic N) is 6. The summed E-state index contributed by atoms with van der Waals surface area (Å²) in [6.45, 7) is 4.75. The number of amides is 2. The maximum absolute atomic E-state index is 14.5. The second-order valence-electron chi connectivity index (χ2n) is 15.0. The Kier molecular flexibility index (Phi) is 10.4. The zero-order valence-electron chi connectivity index (χ0n) is 30.3. The Hall–Kier alpha value is -4.81. The molecule has 2 aromatic heterocycles. The molecule has 8 rings (SSSR count). The van der Waals surface area contributed by atoms with Gasteiger partial charge in [0, 0.05) is 13.1 Å². The van der Waals surface area contributed by atoms with Gasteiger partial charge in [-0.15, -0.1) is 0 Å². The molecule has 4 fully saturated rings. The molecule has 4 aromatic rings. The van der Waals surface area contributed by atoms with E-state index in [-0.39, 0.29) is 35.6 Å². The highest BCUT2D eigenvalue weighted by atomic mass is 16.4. The van der Waals surface area contributed by atoms with Crippen molar-refractivity contribution in [1.29, 1.82) is 0 Å². The van der Waals surface area contributed by atoms with Crippen molar-refractivity contribution < 1.29 is 19.5 Å². The maximum Gasteiger partial charge on any atom is 0.356 e. The average molecular weight is 719 g/mol. The van der Waals surface area contributed by atoms with Crippen molar-refractivity contribution in [2.24, 2.45) is 0 Å². The summed E-state index contributed by atoms with van der Waals surface area (Å²) in [4.78, 5) is 66.1. The summed E-state index contributed by atoms with van der Waals surface area (Å²) in [5.41, 5.74) is 2.70. The fourth-order valence-corrected chi connectivity index (χ4v) is 9.12. The van der Waals surface area contributed by atoms with Crippen LogP contribution in [-0.4, -0.2) is 102 Å². The number of imidazole rings is 2. The highest BCUT2D eigenvalue weighted by molar-refractivity contribution is 5.92. The van der Waals surface area contributed by atoms with Gasteiger partial charge in [-0.1, -0.05) is 73.5 Å². The van der Waals surface area contributed by atoms with Gasteiger partial charge in [0.2, 0.25) is 11.8 Å². The number of aromatic nitrogens is 4. The molecule has 0 saturated carbocycles. The zero-order valence-corrected chi connectivity index (χ0v) is 30.3. The number of aromatic carboxylic acids is 1. The van der Waals surface area contributed by atoms with Gasteiger partial charge in [-0.25, -0.2) is 14.8 Å². The van der Waals surface area contributed by atoms with Crippen LogP contribution in [0.1, 0.15) is 122 Å². The van der Waals surface area contributed by atoms with Crippen molar-refractivity contribution in [2.75, 3.05) is 39.3 Å². The number of rotatable bonds is 10. The molecule has 278 valence electrons. The van der Waals surface area contributed by atoms with Gasteiger partial charge in [0.05, 0.1) is 29.7 Å². The molecule has 0 unspecified atom stereocenters. The smallest absolute Gasteiger partial charge is 0.356 e. The normalized spacial score (nSPS) is 22.6. The van der Waals surface area contributed by atoms with Crippen molar-refractivity contribution >= 4 is 17.8 Å². The number of carbonyl (C=O) groups is 3. The van der Waals surface area contributed by atoms with E-state index < -0.39 is 12.0 Å². The minimum absolute atomic E-state index is 0.0311. The van der Waals surface area contributed by atoms with E-state index in [0.717, 1.165) is 82.3 Å². The van der Waals surface area contributed by atoms with Gasteiger partial charge in [0.25, 0.3) is 0 Å². The Balaban J connectivity index is 1.05. The molecule has 53 heavy (non-hydrogen) atoms. The fraction of sp³-hybridized carbons (Fsp3) is 0.488. The minimum atomic E-state index is -1.16. The van der Waals surface area contributed by atoms with E-state index in [0.29, 0.717) is 42.5 Å². The van der Waals surface area contributed by atoms with E-state index in [1.54, 1.807) is 6.20 Å². The van der Waals surface area contributed by atoms with Crippen LogP contribution in [0, 0.1) is 0 Å². The van der Waals surface area contributed by atoms with Crippen LogP contribution in [0.3, 0.4) is 0 Å². The Morgan fingerprint density at radius 3 is 1.60 bits per heavy atom. The second kappa shape index (κ2) is 15.7. The highest BCUT2D eigenvalue weighted by Crippen LogP contribution is 2.39. The lowest BCUT2D eigenvalue weighted by atomic mass is 10.00. The molecule has 0 aliphatic carbocycles. The Bertz CT molecular complexity index is 1880. The van der Waals surface area contributed by atoms with Crippen molar-refractivity contribution in [1.82, 2.24) is 39.5 Å². The number of H-pyrrole nitrogens is 2. The molecule has 4 saturated heterocycles. The number of hydrogen-bond acceptors (Lipinski definition) is 7. The second-order valence-corrected chi connectivity index (χ2v) is 15.0. The standard InChI is InChI=1S/C41H50N8O4/c50-39(35(28-15-5-1-6-16-28)46-21-9-3-10-22-46)48-25-13-19-31(48)37-42-27-30(43-37)33-34(41(52)53)45-38(44-33)32-20-14-26-49(32)40(51)36(29-17-7-2-8-18-29)47-23-11-4-12-24-47/h1-2,5-8,15-18,27,31-32,35-36H,3-4,9-14,19-26H2,(H,42,43)(H,44,45)(H,52,53)/t31-,32-,35+,36+/m0/s1. The van der Waals surface area contributed by atoms with Crippen LogP contribution in [0.2, 0.25) is 0 Å². The fourth-order valence-electron chi connectivity index (χ4n) is 9.12. The Labute approximate surface area is 310 Å². The van der Waals surface area contributed by atoms with Gasteiger partial charge >= 0.3 is 5.97 Å². The molecule has 0 radical (unpaired) electrons. The first-order valence-electron chi connectivity index (χ1n) is 19.6. The van der Waals surface area contributed by atoms with Crippen molar-refractivity contribution in [3.8, 4) is 11.4 Å². The van der Waals surface area contributed by atoms with Crippen molar-refractivity contribution in [3.63, 3.8) is 0 Å². The van der Waals surface area contributed by atoms with Gasteiger partial charge in [-0.05, 0) is 88.7 Å². The zero-order chi connectivity index (χ0) is 36.3. The van der Waals surface area contributed by atoms with Gasteiger partial charge in [0.1, 0.15) is 23.7 Å². The molecular formula is C41H50N8O4. The van der Waals surface area contributed by atoms with E-state index >= 15 is 0 Å². The summed E-state index contributed by atoms with van der Waals surface area (Å²) in [7, 11) is 0. The molecule has 4 aliphatic heterocycles. The van der Waals surface area contributed by atoms with Crippen LogP contribution in [0.15, 0.2) is 66.9 Å². The summed E-state index contributed by atoms with van der Waals surface area (Å²) >= 11 is 0. The molecule has 12 heteroatoms. The van der Waals surface area contributed by atoms with Crippen LogP contribution < -0.4 is 0 Å². The first kappa shape index (κ1) is 35.2. The first-order chi connectivity index (χ1) is 26.0. The van der Waals surface area contributed by atoms with Crippen LogP contribution in [0.25, 0.3) is 11.4 Å². The van der Waals surface area contributed by atoms with Crippen LogP contribution in [-0.2, 0) is 9.59 Å². The van der Waals surface area contributed by atoms with E-state index in [9.17, 15) is 19.5 Å². The number of aromatic amines is 2. The summed E-state index contributed by atoms with van der Waals surface area (Å²) in [6.07, 6.45) is 11.4. The van der Waals surface area contributed by atoms with Gasteiger partial charge < -0.3 is 24.9 Å². The number of likely N-dealkylation sites (tertiary alicyclic amines) is 4. The number of hydrogen-bond donors (Lipinski definition) is 3. The number of piperidine rings is 2. The third-order valence-corrected chi connectivity index (χ3v) is 11.7. The Morgan fingerprint density at radius 2 is 1.11 bits per heavy atom. The van der Waals surface area contributed by atoms with Gasteiger partial charge in [-0.3, -0.25) is 19.4 Å². The van der Waals surface area contributed by atoms with E-state index in [4.69, 9.17) is 4.98 Å².